The number of aromatic nitrogens is 2. The van der Waals surface area contributed by atoms with E-state index in [1.807, 2.05) is 18.8 Å². The number of nitrogens with zero attached hydrogens (tertiary/aromatic N) is 4. The van der Waals surface area contributed by atoms with Crippen molar-refractivity contribution in [2.45, 2.75) is 52.6 Å². The Morgan fingerprint density at radius 2 is 1.96 bits per heavy atom. The molecule has 1 unspecified atom stereocenters. The summed E-state index contributed by atoms with van der Waals surface area (Å²) < 4.78 is 1.93. The van der Waals surface area contributed by atoms with Crippen molar-refractivity contribution in [1.82, 2.24) is 25.3 Å². The third kappa shape index (κ3) is 4.47. The Balaban J connectivity index is 1.85. The molecule has 6 heteroatoms. The smallest absolute Gasteiger partial charge is 0.191 e. The van der Waals surface area contributed by atoms with E-state index >= 15 is 0 Å². The van der Waals surface area contributed by atoms with E-state index in [4.69, 9.17) is 0 Å². The van der Waals surface area contributed by atoms with E-state index in [-0.39, 0.29) is 0 Å². The molecule has 0 radical (unpaired) electrons. The lowest BCUT2D eigenvalue weighted by molar-refractivity contribution is 0.236. The van der Waals surface area contributed by atoms with Gasteiger partial charge in [0.15, 0.2) is 5.96 Å². The van der Waals surface area contributed by atoms with E-state index in [1.165, 1.54) is 43.6 Å². The number of aliphatic imine (C=N–C) groups is 1. The second-order valence-corrected chi connectivity index (χ2v) is 6.38. The molecule has 1 saturated heterocycles. The van der Waals surface area contributed by atoms with E-state index in [2.05, 4.69) is 46.4 Å². The fourth-order valence-corrected chi connectivity index (χ4v) is 3.32. The van der Waals surface area contributed by atoms with Crippen LogP contribution in [-0.2, 0) is 13.6 Å². The summed E-state index contributed by atoms with van der Waals surface area (Å²) in [6.07, 6.45) is 3.84. The summed E-state index contributed by atoms with van der Waals surface area (Å²) in [5.41, 5.74) is 3.53. The van der Waals surface area contributed by atoms with Gasteiger partial charge in [-0.1, -0.05) is 6.92 Å². The number of hydrogen-bond acceptors (Lipinski definition) is 3. The zero-order chi connectivity index (χ0) is 16.8. The van der Waals surface area contributed by atoms with Crippen LogP contribution in [0.5, 0.6) is 0 Å². The minimum Gasteiger partial charge on any atom is -0.355 e. The Labute approximate surface area is 140 Å². The van der Waals surface area contributed by atoms with Crippen LogP contribution in [-0.4, -0.2) is 53.4 Å². The van der Waals surface area contributed by atoms with Crippen molar-refractivity contribution in [3.63, 3.8) is 0 Å². The standard InChI is InChI=1S/C17H32N6/c1-6-15(23-9-7-8-10-23)11-19-17(18-4)20-12-16-13(2)21-22(5)14(16)3/h15H,6-12H2,1-5H3,(H2,18,19,20). The molecular formula is C17H32N6. The van der Waals surface area contributed by atoms with Crippen LogP contribution in [0, 0.1) is 13.8 Å². The highest BCUT2D eigenvalue weighted by atomic mass is 15.3. The Bertz CT molecular complexity index is 527. The topological polar surface area (TPSA) is 57.5 Å². The summed E-state index contributed by atoms with van der Waals surface area (Å²) in [4.78, 5) is 6.94. The minimum absolute atomic E-state index is 0.595. The first-order valence-electron chi connectivity index (χ1n) is 8.74. The van der Waals surface area contributed by atoms with Gasteiger partial charge in [0.25, 0.3) is 0 Å². The van der Waals surface area contributed by atoms with Crippen molar-refractivity contribution in [3.05, 3.63) is 17.0 Å². The molecule has 2 rings (SSSR count). The predicted molar refractivity (Wildman–Crippen MR) is 95.8 cm³/mol. The zero-order valence-corrected chi connectivity index (χ0v) is 15.3. The number of hydrogen-bond donors (Lipinski definition) is 2. The van der Waals surface area contributed by atoms with Crippen molar-refractivity contribution >= 4 is 5.96 Å². The van der Waals surface area contributed by atoms with Gasteiger partial charge in [-0.2, -0.15) is 5.10 Å². The van der Waals surface area contributed by atoms with Gasteiger partial charge in [0, 0.05) is 44.5 Å². The molecule has 6 nitrogen and oxygen atoms in total. The monoisotopic (exact) mass is 320 g/mol. The molecule has 0 bridgehead atoms. The lowest BCUT2D eigenvalue weighted by Crippen LogP contribution is -2.46. The number of rotatable bonds is 6. The van der Waals surface area contributed by atoms with Gasteiger partial charge in [0.2, 0.25) is 0 Å². The summed E-state index contributed by atoms with van der Waals surface area (Å²) in [7, 11) is 3.82. The van der Waals surface area contributed by atoms with Crippen molar-refractivity contribution in [3.8, 4) is 0 Å². The summed E-state index contributed by atoms with van der Waals surface area (Å²) in [6, 6.07) is 0.595. The first kappa shape index (κ1) is 17.8. The fraction of sp³-hybridized carbons (Fsp3) is 0.765. The molecule has 1 aliphatic heterocycles. The highest BCUT2D eigenvalue weighted by Gasteiger charge is 2.20. The third-order valence-corrected chi connectivity index (χ3v) is 4.95. The maximum atomic E-state index is 4.46. The minimum atomic E-state index is 0.595. The van der Waals surface area contributed by atoms with Gasteiger partial charge in [0.05, 0.1) is 5.69 Å². The molecule has 1 aromatic heterocycles. The number of aryl methyl sites for hydroxylation is 2. The highest BCUT2D eigenvalue weighted by Crippen LogP contribution is 2.13. The van der Waals surface area contributed by atoms with Crippen molar-refractivity contribution in [1.29, 1.82) is 0 Å². The third-order valence-electron chi connectivity index (χ3n) is 4.95. The molecular weight excluding hydrogens is 288 g/mol. The van der Waals surface area contributed by atoms with Gasteiger partial charge in [-0.15, -0.1) is 0 Å². The van der Waals surface area contributed by atoms with Crippen LogP contribution in [0.25, 0.3) is 0 Å². The van der Waals surface area contributed by atoms with Gasteiger partial charge in [-0.05, 0) is 46.2 Å². The van der Waals surface area contributed by atoms with E-state index in [0.717, 1.165) is 24.7 Å². The van der Waals surface area contributed by atoms with Crippen LogP contribution in [0.15, 0.2) is 4.99 Å². The van der Waals surface area contributed by atoms with Crippen LogP contribution in [0.4, 0.5) is 0 Å². The second kappa shape index (κ2) is 8.34. The quantitative estimate of drug-likeness (QED) is 0.617. The molecule has 23 heavy (non-hydrogen) atoms. The maximum absolute atomic E-state index is 4.46. The van der Waals surface area contributed by atoms with Crippen LogP contribution < -0.4 is 10.6 Å². The molecule has 2 heterocycles. The van der Waals surface area contributed by atoms with Gasteiger partial charge >= 0.3 is 0 Å². The van der Waals surface area contributed by atoms with Crippen molar-refractivity contribution in [2.24, 2.45) is 12.0 Å². The second-order valence-electron chi connectivity index (χ2n) is 6.38. The van der Waals surface area contributed by atoms with Crippen LogP contribution in [0.1, 0.15) is 43.1 Å². The molecule has 2 N–H and O–H groups in total. The highest BCUT2D eigenvalue weighted by molar-refractivity contribution is 5.79. The molecule has 0 aromatic carbocycles. The average Bonchev–Trinajstić information content (AvgIpc) is 3.14. The summed E-state index contributed by atoms with van der Waals surface area (Å²) >= 11 is 0. The molecule has 1 atom stereocenters. The van der Waals surface area contributed by atoms with Gasteiger partial charge in [0.1, 0.15) is 0 Å². The lowest BCUT2D eigenvalue weighted by atomic mass is 10.2. The summed E-state index contributed by atoms with van der Waals surface area (Å²) in [5, 5.41) is 11.4. The van der Waals surface area contributed by atoms with Crippen LogP contribution in [0.2, 0.25) is 0 Å². The van der Waals surface area contributed by atoms with E-state index < -0.39 is 0 Å². The van der Waals surface area contributed by atoms with Crippen LogP contribution >= 0.6 is 0 Å². The average molecular weight is 320 g/mol. The first-order valence-corrected chi connectivity index (χ1v) is 8.74. The van der Waals surface area contributed by atoms with Gasteiger partial charge in [-0.25, -0.2) is 0 Å². The molecule has 1 aliphatic rings. The fourth-order valence-electron chi connectivity index (χ4n) is 3.32. The van der Waals surface area contributed by atoms with Crippen molar-refractivity contribution < 1.29 is 0 Å². The molecule has 0 amide bonds. The SMILES string of the molecule is CCC(CNC(=NC)NCc1c(C)nn(C)c1C)N1CCCC1. The Morgan fingerprint density at radius 3 is 2.48 bits per heavy atom. The van der Waals surface area contributed by atoms with Crippen LogP contribution in [0.3, 0.4) is 0 Å². The maximum Gasteiger partial charge on any atom is 0.191 e. The summed E-state index contributed by atoms with van der Waals surface area (Å²) in [6.45, 7) is 10.6. The lowest BCUT2D eigenvalue weighted by Gasteiger charge is -2.27. The molecule has 0 aliphatic carbocycles. The normalized spacial score (nSPS) is 17.5. The molecule has 1 aromatic rings. The Morgan fingerprint density at radius 1 is 1.26 bits per heavy atom. The largest absolute Gasteiger partial charge is 0.355 e. The summed E-state index contributed by atoms with van der Waals surface area (Å²) in [5.74, 6) is 0.866. The zero-order valence-electron chi connectivity index (χ0n) is 15.3. The number of likely N-dealkylation sites (tertiary alicyclic amines) is 1. The Hall–Kier alpha value is -1.56. The molecule has 0 spiro atoms. The number of guanidine groups is 1. The molecule has 130 valence electrons. The predicted octanol–water partition coefficient (Wildman–Crippen LogP) is 1.58. The van der Waals surface area contributed by atoms with Gasteiger partial charge < -0.3 is 10.6 Å². The first-order chi connectivity index (χ1) is 11.1. The van der Waals surface area contributed by atoms with E-state index in [9.17, 15) is 0 Å². The van der Waals surface area contributed by atoms with E-state index in [0.29, 0.717) is 6.04 Å². The number of nitrogens with one attached hydrogen (secondary N) is 2. The van der Waals surface area contributed by atoms with E-state index in [1.54, 1.807) is 0 Å². The molecule has 0 saturated carbocycles. The van der Waals surface area contributed by atoms with Gasteiger partial charge in [-0.3, -0.25) is 14.6 Å². The Kier molecular flexibility index (Phi) is 6.45. The van der Waals surface area contributed by atoms with Crippen molar-refractivity contribution in [2.75, 3.05) is 26.7 Å². The molecule has 1 fully saturated rings.